The SMILES string of the molecule is O=C(Nc1ccc(-n2nn[nH]c2=O)cc1)c1ccc(C(=O)c2cccc(O)c2)cc1. The van der Waals surface area contributed by atoms with Gasteiger partial charge in [0.2, 0.25) is 0 Å². The van der Waals surface area contributed by atoms with Crippen LogP contribution in [0.5, 0.6) is 5.75 Å². The number of carbonyl (C=O) groups is 2. The van der Waals surface area contributed by atoms with Crippen LogP contribution in [0, 0.1) is 0 Å². The van der Waals surface area contributed by atoms with Crippen molar-refractivity contribution in [3.05, 3.63) is 100.0 Å². The van der Waals surface area contributed by atoms with Crippen LogP contribution in [0.1, 0.15) is 26.3 Å². The summed E-state index contributed by atoms with van der Waals surface area (Å²) in [7, 11) is 0. The minimum absolute atomic E-state index is 0.0105. The van der Waals surface area contributed by atoms with Crippen LogP contribution in [-0.4, -0.2) is 37.0 Å². The number of hydrogen-bond donors (Lipinski definition) is 3. The van der Waals surface area contributed by atoms with Gasteiger partial charge in [-0.2, -0.15) is 4.68 Å². The Bertz CT molecular complexity index is 1270. The number of carbonyl (C=O) groups excluding carboxylic acids is 2. The van der Waals surface area contributed by atoms with Crippen LogP contribution in [-0.2, 0) is 0 Å². The fraction of sp³-hybridized carbons (Fsp3) is 0. The van der Waals surface area contributed by atoms with Crippen molar-refractivity contribution in [2.45, 2.75) is 0 Å². The summed E-state index contributed by atoms with van der Waals surface area (Å²) in [5, 5.41) is 21.5. The van der Waals surface area contributed by atoms with E-state index in [0.29, 0.717) is 28.1 Å². The summed E-state index contributed by atoms with van der Waals surface area (Å²) < 4.78 is 1.09. The van der Waals surface area contributed by atoms with E-state index < -0.39 is 5.69 Å². The second-order valence-corrected chi connectivity index (χ2v) is 6.38. The van der Waals surface area contributed by atoms with Crippen molar-refractivity contribution < 1.29 is 14.7 Å². The number of aromatic hydroxyl groups is 1. The first-order valence-electron chi connectivity index (χ1n) is 8.87. The molecule has 1 heterocycles. The van der Waals surface area contributed by atoms with Gasteiger partial charge >= 0.3 is 5.69 Å². The van der Waals surface area contributed by atoms with E-state index in [2.05, 4.69) is 20.8 Å². The van der Waals surface area contributed by atoms with Gasteiger partial charge in [0.05, 0.1) is 5.69 Å². The monoisotopic (exact) mass is 401 g/mol. The highest BCUT2D eigenvalue weighted by Gasteiger charge is 2.12. The summed E-state index contributed by atoms with van der Waals surface area (Å²) >= 11 is 0. The maximum atomic E-state index is 12.5. The molecule has 0 bridgehead atoms. The Morgan fingerprint density at radius 2 is 1.60 bits per heavy atom. The van der Waals surface area contributed by atoms with Crippen molar-refractivity contribution in [1.29, 1.82) is 0 Å². The third kappa shape index (κ3) is 3.85. The molecule has 0 radical (unpaired) electrons. The topological polar surface area (TPSA) is 130 Å². The largest absolute Gasteiger partial charge is 0.508 e. The Kier molecular flexibility index (Phi) is 4.92. The van der Waals surface area contributed by atoms with Crippen LogP contribution in [0.2, 0.25) is 0 Å². The Morgan fingerprint density at radius 1 is 0.900 bits per heavy atom. The molecule has 3 aromatic carbocycles. The highest BCUT2D eigenvalue weighted by molar-refractivity contribution is 6.10. The second-order valence-electron chi connectivity index (χ2n) is 6.38. The first kappa shape index (κ1) is 18.8. The highest BCUT2D eigenvalue weighted by atomic mass is 16.3. The van der Waals surface area contributed by atoms with Gasteiger partial charge in [0.15, 0.2) is 5.78 Å². The van der Waals surface area contributed by atoms with Crippen molar-refractivity contribution in [3.63, 3.8) is 0 Å². The average molecular weight is 401 g/mol. The molecule has 4 rings (SSSR count). The zero-order chi connectivity index (χ0) is 21.1. The molecule has 0 saturated heterocycles. The van der Waals surface area contributed by atoms with Gasteiger partial charge in [0, 0.05) is 22.4 Å². The number of ketones is 1. The normalized spacial score (nSPS) is 10.5. The number of benzene rings is 3. The Hall–Kier alpha value is -4.53. The number of H-pyrrole nitrogens is 1. The van der Waals surface area contributed by atoms with E-state index in [9.17, 15) is 19.5 Å². The fourth-order valence-electron chi connectivity index (χ4n) is 2.84. The van der Waals surface area contributed by atoms with E-state index in [1.54, 1.807) is 60.7 Å². The predicted octanol–water partition coefficient (Wildman–Crippen LogP) is 2.14. The number of aromatic amines is 1. The van der Waals surface area contributed by atoms with E-state index in [0.717, 1.165) is 4.68 Å². The summed E-state index contributed by atoms with van der Waals surface area (Å²) in [6, 6.07) is 18.8. The summed E-state index contributed by atoms with van der Waals surface area (Å²) in [5.74, 6) is -0.592. The van der Waals surface area contributed by atoms with Crippen LogP contribution in [0.25, 0.3) is 5.69 Å². The maximum Gasteiger partial charge on any atom is 0.365 e. The van der Waals surface area contributed by atoms with E-state index in [-0.39, 0.29) is 17.4 Å². The summed E-state index contributed by atoms with van der Waals surface area (Å²) in [4.78, 5) is 36.5. The van der Waals surface area contributed by atoms with Gasteiger partial charge in [0.25, 0.3) is 5.91 Å². The lowest BCUT2D eigenvalue weighted by atomic mass is 10.0. The van der Waals surface area contributed by atoms with Gasteiger partial charge in [-0.05, 0) is 59.0 Å². The van der Waals surface area contributed by atoms with Gasteiger partial charge in [0.1, 0.15) is 5.75 Å². The minimum Gasteiger partial charge on any atom is -0.508 e. The molecule has 3 N–H and O–H groups in total. The number of nitrogens with zero attached hydrogens (tertiary/aromatic N) is 3. The van der Waals surface area contributed by atoms with Crippen molar-refractivity contribution in [1.82, 2.24) is 20.2 Å². The van der Waals surface area contributed by atoms with Crippen molar-refractivity contribution >= 4 is 17.4 Å². The molecular formula is C21H15N5O4. The van der Waals surface area contributed by atoms with Gasteiger partial charge in [-0.3, -0.25) is 9.59 Å². The molecule has 9 nitrogen and oxygen atoms in total. The zero-order valence-electron chi connectivity index (χ0n) is 15.4. The molecule has 9 heteroatoms. The van der Waals surface area contributed by atoms with Gasteiger partial charge in [-0.25, -0.2) is 9.89 Å². The van der Waals surface area contributed by atoms with E-state index in [1.165, 1.54) is 12.1 Å². The fourth-order valence-corrected chi connectivity index (χ4v) is 2.84. The number of phenols is 1. The van der Waals surface area contributed by atoms with E-state index >= 15 is 0 Å². The molecule has 4 aromatic rings. The smallest absolute Gasteiger partial charge is 0.365 e. The predicted molar refractivity (Wildman–Crippen MR) is 108 cm³/mol. The number of hydrogen-bond acceptors (Lipinski definition) is 6. The summed E-state index contributed by atoms with van der Waals surface area (Å²) in [5.41, 5.74) is 1.70. The second kappa shape index (κ2) is 7.84. The van der Waals surface area contributed by atoms with E-state index in [4.69, 9.17) is 0 Å². The number of phenolic OH excluding ortho intramolecular Hbond substituents is 1. The van der Waals surface area contributed by atoms with Crippen molar-refractivity contribution in [2.75, 3.05) is 5.32 Å². The Balaban J connectivity index is 1.46. The summed E-state index contributed by atoms with van der Waals surface area (Å²) in [6.45, 7) is 0. The lowest BCUT2D eigenvalue weighted by molar-refractivity contribution is 0.102. The molecule has 0 aliphatic rings. The average Bonchev–Trinajstić information content (AvgIpc) is 3.19. The number of rotatable bonds is 5. The number of nitrogens with one attached hydrogen (secondary N) is 2. The van der Waals surface area contributed by atoms with Crippen molar-refractivity contribution in [2.24, 2.45) is 0 Å². The first-order chi connectivity index (χ1) is 14.5. The minimum atomic E-state index is -0.466. The molecule has 30 heavy (non-hydrogen) atoms. The van der Waals surface area contributed by atoms with E-state index in [1.807, 2.05) is 0 Å². The number of tetrazole rings is 1. The molecule has 0 aliphatic carbocycles. The zero-order valence-corrected chi connectivity index (χ0v) is 15.4. The Morgan fingerprint density at radius 3 is 2.23 bits per heavy atom. The number of aromatic nitrogens is 4. The third-order valence-electron chi connectivity index (χ3n) is 4.36. The number of amides is 1. The van der Waals surface area contributed by atoms with Crippen LogP contribution in [0.3, 0.4) is 0 Å². The van der Waals surface area contributed by atoms with Gasteiger partial charge in [-0.1, -0.05) is 24.3 Å². The molecule has 0 spiro atoms. The van der Waals surface area contributed by atoms with Crippen LogP contribution < -0.4 is 11.0 Å². The molecule has 0 unspecified atom stereocenters. The first-order valence-corrected chi connectivity index (χ1v) is 8.87. The molecule has 0 saturated carbocycles. The maximum absolute atomic E-state index is 12.5. The molecular weight excluding hydrogens is 386 g/mol. The highest BCUT2D eigenvalue weighted by Crippen LogP contribution is 2.17. The molecule has 0 aliphatic heterocycles. The molecule has 1 aromatic heterocycles. The van der Waals surface area contributed by atoms with Crippen LogP contribution in [0.4, 0.5) is 5.69 Å². The molecule has 148 valence electrons. The lowest BCUT2D eigenvalue weighted by Crippen LogP contribution is -2.16. The molecule has 0 atom stereocenters. The van der Waals surface area contributed by atoms with Crippen LogP contribution >= 0.6 is 0 Å². The third-order valence-corrected chi connectivity index (χ3v) is 4.36. The Labute approximate surface area is 169 Å². The molecule has 1 amide bonds. The number of anilines is 1. The standard InChI is InChI=1S/C21H15N5O4/c27-18-3-1-2-15(12-18)19(28)13-4-6-14(7-5-13)20(29)22-16-8-10-17(11-9-16)26-21(30)23-24-25-26/h1-12,27H,(H,22,29)(H,23,25,30). The van der Waals surface area contributed by atoms with Crippen LogP contribution in [0.15, 0.2) is 77.6 Å². The lowest BCUT2D eigenvalue weighted by Gasteiger charge is -2.07. The van der Waals surface area contributed by atoms with Crippen molar-refractivity contribution in [3.8, 4) is 11.4 Å². The molecule has 0 fully saturated rings. The van der Waals surface area contributed by atoms with Gasteiger partial charge in [-0.15, -0.1) is 0 Å². The summed E-state index contributed by atoms with van der Waals surface area (Å²) in [6.07, 6.45) is 0. The van der Waals surface area contributed by atoms with Gasteiger partial charge < -0.3 is 10.4 Å². The quantitative estimate of drug-likeness (QED) is 0.439.